The molecule has 1 aliphatic rings. The van der Waals surface area contributed by atoms with Crippen molar-refractivity contribution in [2.45, 2.75) is 39.5 Å². The number of rotatable bonds is 7. The van der Waals surface area contributed by atoms with Gasteiger partial charge >= 0.3 is 0 Å². The van der Waals surface area contributed by atoms with Crippen LogP contribution in [0.25, 0.3) is 0 Å². The normalized spacial score (nSPS) is 15.2. The topological polar surface area (TPSA) is 58.8 Å². The smallest absolute Gasteiger partial charge is 0.259 e. The van der Waals surface area contributed by atoms with Crippen molar-refractivity contribution in [1.29, 1.82) is 0 Å². The van der Waals surface area contributed by atoms with E-state index >= 15 is 0 Å². The van der Waals surface area contributed by atoms with E-state index in [-0.39, 0.29) is 11.8 Å². The number of amides is 1. The molecule has 0 aliphatic carbocycles. The lowest BCUT2D eigenvalue weighted by molar-refractivity contribution is 0.0632. The van der Waals surface area contributed by atoms with Gasteiger partial charge in [0.1, 0.15) is 11.3 Å². The standard InChI is InChI=1S/C22H31N3O3/c1-16(2)21-20(17(3)23-28-21)22(26)25-13-11-24(12-14-25)10-6-8-18-7-5-9-19(15-18)27-4/h5,7,9,15-16H,6,8,10-14H2,1-4H3. The molecule has 1 saturated heterocycles. The van der Waals surface area contributed by atoms with Crippen LogP contribution in [-0.4, -0.2) is 60.7 Å². The van der Waals surface area contributed by atoms with Gasteiger partial charge in [-0.25, -0.2) is 0 Å². The number of aromatic nitrogens is 1. The highest BCUT2D eigenvalue weighted by Gasteiger charge is 2.28. The van der Waals surface area contributed by atoms with E-state index in [1.807, 2.05) is 37.8 Å². The number of nitrogens with zero attached hydrogens (tertiary/aromatic N) is 3. The molecule has 6 nitrogen and oxygen atoms in total. The van der Waals surface area contributed by atoms with Crippen molar-refractivity contribution in [1.82, 2.24) is 15.0 Å². The lowest BCUT2D eigenvalue weighted by Gasteiger charge is -2.34. The minimum atomic E-state index is 0.0541. The van der Waals surface area contributed by atoms with Crippen LogP contribution < -0.4 is 4.74 Å². The summed E-state index contributed by atoms with van der Waals surface area (Å²) in [4.78, 5) is 17.3. The van der Waals surface area contributed by atoms with Gasteiger partial charge < -0.3 is 14.2 Å². The van der Waals surface area contributed by atoms with Gasteiger partial charge in [-0.1, -0.05) is 31.1 Å². The molecule has 28 heavy (non-hydrogen) atoms. The Kier molecular flexibility index (Phi) is 6.73. The summed E-state index contributed by atoms with van der Waals surface area (Å²) in [6, 6.07) is 8.26. The molecule has 2 aromatic rings. The fourth-order valence-electron chi connectivity index (χ4n) is 3.71. The molecule has 2 heterocycles. The van der Waals surface area contributed by atoms with Crippen molar-refractivity contribution in [3.63, 3.8) is 0 Å². The van der Waals surface area contributed by atoms with Crippen LogP contribution in [0.4, 0.5) is 0 Å². The Hall–Kier alpha value is -2.34. The molecule has 1 amide bonds. The molecule has 1 aromatic carbocycles. The second-order valence-electron chi connectivity index (χ2n) is 7.75. The summed E-state index contributed by atoms with van der Waals surface area (Å²) in [6.07, 6.45) is 2.14. The van der Waals surface area contributed by atoms with Crippen molar-refractivity contribution in [2.75, 3.05) is 39.8 Å². The lowest BCUT2D eigenvalue weighted by Crippen LogP contribution is -2.49. The quantitative estimate of drug-likeness (QED) is 0.730. The number of aryl methyl sites for hydroxylation is 2. The van der Waals surface area contributed by atoms with Gasteiger partial charge in [0.25, 0.3) is 5.91 Å². The van der Waals surface area contributed by atoms with Crippen LogP contribution in [0.3, 0.4) is 0 Å². The molecular weight excluding hydrogens is 354 g/mol. The summed E-state index contributed by atoms with van der Waals surface area (Å²) in [5, 5.41) is 4.01. The van der Waals surface area contributed by atoms with E-state index in [4.69, 9.17) is 9.26 Å². The van der Waals surface area contributed by atoms with E-state index in [1.165, 1.54) is 5.56 Å². The Morgan fingerprint density at radius 1 is 1.25 bits per heavy atom. The minimum absolute atomic E-state index is 0.0541. The van der Waals surface area contributed by atoms with Crippen LogP contribution in [0.2, 0.25) is 0 Å². The summed E-state index contributed by atoms with van der Waals surface area (Å²) in [6.45, 7) is 10.3. The Bertz CT molecular complexity index is 792. The summed E-state index contributed by atoms with van der Waals surface area (Å²) in [7, 11) is 1.70. The van der Waals surface area contributed by atoms with E-state index in [0.29, 0.717) is 17.0 Å². The SMILES string of the molecule is COc1cccc(CCCN2CCN(C(=O)c3c(C)noc3C(C)C)CC2)c1. The molecule has 0 unspecified atom stereocenters. The number of methoxy groups -OCH3 is 1. The van der Waals surface area contributed by atoms with E-state index in [0.717, 1.165) is 51.3 Å². The molecule has 0 saturated carbocycles. The second-order valence-corrected chi connectivity index (χ2v) is 7.75. The van der Waals surface area contributed by atoms with Crippen molar-refractivity contribution in [3.8, 4) is 5.75 Å². The number of carbonyl (C=O) groups is 1. The van der Waals surface area contributed by atoms with Gasteiger partial charge in [0.05, 0.1) is 12.8 Å². The van der Waals surface area contributed by atoms with Crippen molar-refractivity contribution in [2.24, 2.45) is 0 Å². The van der Waals surface area contributed by atoms with Gasteiger partial charge in [0.15, 0.2) is 5.76 Å². The molecule has 3 rings (SSSR count). The Balaban J connectivity index is 1.48. The average molecular weight is 386 g/mol. The van der Waals surface area contributed by atoms with Crippen molar-refractivity contribution < 1.29 is 14.1 Å². The highest BCUT2D eigenvalue weighted by Crippen LogP contribution is 2.24. The van der Waals surface area contributed by atoms with E-state index in [9.17, 15) is 4.79 Å². The molecular formula is C22H31N3O3. The maximum absolute atomic E-state index is 13.0. The first kappa shape index (κ1) is 20.4. The highest BCUT2D eigenvalue weighted by atomic mass is 16.5. The van der Waals surface area contributed by atoms with E-state index < -0.39 is 0 Å². The van der Waals surface area contributed by atoms with Crippen LogP contribution in [-0.2, 0) is 6.42 Å². The third-order valence-corrected chi connectivity index (χ3v) is 5.36. The van der Waals surface area contributed by atoms with E-state index in [2.05, 4.69) is 22.2 Å². The zero-order chi connectivity index (χ0) is 20.1. The largest absolute Gasteiger partial charge is 0.497 e. The highest BCUT2D eigenvalue weighted by molar-refractivity contribution is 5.96. The lowest BCUT2D eigenvalue weighted by atomic mass is 10.0. The molecule has 1 fully saturated rings. The predicted molar refractivity (Wildman–Crippen MR) is 109 cm³/mol. The molecule has 0 N–H and O–H groups in total. The molecule has 1 aromatic heterocycles. The summed E-state index contributed by atoms with van der Waals surface area (Å²) in [5.41, 5.74) is 2.65. The minimum Gasteiger partial charge on any atom is -0.497 e. The summed E-state index contributed by atoms with van der Waals surface area (Å²) in [5.74, 6) is 1.81. The van der Waals surface area contributed by atoms with Crippen LogP contribution in [0.5, 0.6) is 5.75 Å². The number of hydrogen-bond acceptors (Lipinski definition) is 5. The Morgan fingerprint density at radius 2 is 2.00 bits per heavy atom. The first-order valence-corrected chi connectivity index (χ1v) is 10.1. The molecule has 0 bridgehead atoms. The third-order valence-electron chi connectivity index (χ3n) is 5.36. The molecule has 0 spiro atoms. The third kappa shape index (κ3) is 4.73. The molecule has 1 aliphatic heterocycles. The molecule has 0 radical (unpaired) electrons. The number of ether oxygens (including phenoxy) is 1. The Labute approximate surface area is 167 Å². The van der Waals surface area contributed by atoms with Gasteiger partial charge in [-0.15, -0.1) is 0 Å². The van der Waals surface area contributed by atoms with Gasteiger partial charge in [-0.05, 0) is 44.0 Å². The fraction of sp³-hybridized carbons (Fsp3) is 0.545. The van der Waals surface area contributed by atoms with Crippen molar-refractivity contribution in [3.05, 3.63) is 46.8 Å². The number of piperazine rings is 1. The number of carbonyl (C=O) groups excluding carboxylic acids is 1. The number of benzene rings is 1. The van der Waals surface area contributed by atoms with Crippen LogP contribution in [0.15, 0.2) is 28.8 Å². The van der Waals surface area contributed by atoms with Crippen LogP contribution in [0, 0.1) is 6.92 Å². The van der Waals surface area contributed by atoms with Gasteiger partial charge in [0, 0.05) is 32.1 Å². The molecule has 0 atom stereocenters. The molecule has 152 valence electrons. The zero-order valence-corrected chi connectivity index (χ0v) is 17.4. The summed E-state index contributed by atoms with van der Waals surface area (Å²) < 4.78 is 10.7. The van der Waals surface area contributed by atoms with Crippen molar-refractivity contribution >= 4 is 5.91 Å². The Morgan fingerprint density at radius 3 is 2.68 bits per heavy atom. The van der Waals surface area contributed by atoms with Crippen LogP contribution >= 0.6 is 0 Å². The summed E-state index contributed by atoms with van der Waals surface area (Å²) >= 11 is 0. The molecule has 6 heteroatoms. The first-order chi connectivity index (χ1) is 13.5. The first-order valence-electron chi connectivity index (χ1n) is 10.1. The van der Waals surface area contributed by atoms with Crippen LogP contribution in [0.1, 0.15) is 53.6 Å². The number of hydrogen-bond donors (Lipinski definition) is 0. The maximum Gasteiger partial charge on any atom is 0.259 e. The zero-order valence-electron chi connectivity index (χ0n) is 17.4. The predicted octanol–water partition coefficient (Wildman–Crippen LogP) is 3.51. The second kappa shape index (κ2) is 9.24. The van der Waals surface area contributed by atoms with Gasteiger partial charge in [-0.3, -0.25) is 9.69 Å². The van der Waals surface area contributed by atoms with Gasteiger partial charge in [-0.2, -0.15) is 0 Å². The van der Waals surface area contributed by atoms with E-state index in [1.54, 1.807) is 7.11 Å². The monoisotopic (exact) mass is 385 g/mol. The van der Waals surface area contributed by atoms with Gasteiger partial charge in [0.2, 0.25) is 0 Å². The average Bonchev–Trinajstić information content (AvgIpc) is 3.10. The maximum atomic E-state index is 13.0. The fourth-order valence-corrected chi connectivity index (χ4v) is 3.71.